The summed E-state index contributed by atoms with van der Waals surface area (Å²) in [6.45, 7) is 11.1. The molecule has 1 saturated carbocycles. The standard InChI is InChI=1S/C25H39N3O5S/c1-15(2)26-22(30)21(17-8-10-18(29)11-9-17)28(20-14-16(20)3)23(31)19(12-13-34-7)27-24(32)33-25(4,5)6/h8-11,15-16,19-21,29H,12-14H2,1-7H3,(H,26,30)(H,27,32). The van der Waals surface area contributed by atoms with Crippen molar-refractivity contribution in [3.8, 4) is 5.75 Å². The maximum absolute atomic E-state index is 14.0. The summed E-state index contributed by atoms with van der Waals surface area (Å²) in [5.41, 5.74) is -0.0996. The van der Waals surface area contributed by atoms with Gasteiger partial charge in [0.15, 0.2) is 0 Å². The van der Waals surface area contributed by atoms with Crippen LogP contribution in [0.3, 0.4) is 0 Å². The molecule has 0 aromatic heterocycles. The van der Waals surface area contributed by atoms with Crippen LogP contribution in [0.5, 0.6) is 5.75 Å². The smallest absolute Gasteiger partial charge is 0.408 e. The van der Waals surface area contributed by atoms with Crippen molar-refractivity contribution >= 4 is 29.7 Å². The van der Waals surface area contributed by atoms with Crippen LogP contribution in [0.1, 0.15) is 66.0 Å². The first-order chi connectivity index (χ1) is 15.8. The number of carbonyl (C=O) groups is 3. The summed E-state index contributed by atoms with van der Waals surface area (Å²) >= 11 is 1.58. The predicted molar refractivity (Wildman–Crippen MR) is 135 cm³/mol. The van der Waals surface area contributed by atoms with E-state index in [-0.39, 0.29) is 35.6 Å². The highest BCUT2D eigenvalue weighted by atomic mass is 32.2. The molecule has 2 rings (SSSR count). The van der Waals surface area contributed by atoms with Crippen LogP contribution in [0.25, 0.3) is 0 Å². The van der Waals surface area contributed by atoms with Gasteiger partial charge in [-0.1, -0.05) is 19.1 Å². The number of aromatic hydroxyl groups is 1. The van der Waals surface area contributed by atoms with Crippen LogP contribution in [0, 0.1) is 5.92 Å². The lowest BCUT2D eigenvalue weighted by atomic mass is 10.0. The SMILES string of the molecule is CSCCC(NC(=O)OC(C)(C)C)C(=O)N(C(C(=O)NC(C)C)c1ccc(O)cc1)C1CC1C. The Morgan fingerprint density at radius 1 is 1.18 bits per heavy atom. The molecule has 3 amide bonds. The number of amides is 3. The number of carbonyl (C=O) groups excluding carboxylic acids is 3. The third-order valence-corrected chi connectivity index (χ3v) is 6.09. The van der Waals surface area contributed by atoms with Crippen molar-refractivity contribution in [1.29, 1.82) is 0 Å². The Hall–Kier alpha value is -2.42. The average Bonchev–Trinajstić information content (AvgIpc) is 3.43. The van der Waals surface area contributed by atoms with E-state index in [1.54, 1.807) is 49.6 Å². The minimum atomic E-state index is -0.886. The number of ether oxygens (including phenoxy) is 1. The number of nitrogens with zero attached hydrogens (tertiary/aromatic N) is 1. The van der Waals surface area contributed by atoms with Crippen molar-refractivity contribution in [3.63, 3.8) is 0 Å². The molecule has 190 valence electrons. The van der Waals surface area contributed by atoms with Gasteiger partial charge in [0.1, 0.15) is 23.4 Å². The van der Waals surface area contributed by atoms with Crippen LogP contribution in [0.2, 0.25) is 0 Å². The number of alkyl carbamates (subject to hydrolysis) is 1. The van der Waals surface area contributed by atoms with Crippen molar-refractivity contribution in [2.24, 2.45) is 5.92 Å². The molecule has 4 unspecified atom stereocenters. The molecule has 9 heteroatoms. The Morgan fingerprint density at radius 3 is 2.24 bits per heavy atom. The van der Waals surface area contributed by atoms with Gasteiger partial charge < -0.3 is 25.4 Å². The summed E-state index contributed by atoms with van der Waals surface area (Å²) in [7, 11) is 0. The summed E-state index contributed by atoms with van der Waals surface area (Å²) in [5.74, 6) is 0.356. The second kappa shape index (κ2) is 11.8. The first-order valence-electron chi connectivity index (χ1n) is 11.7. The molecule has 1 aromatic carbocycles. The van der Waals surface area contributed by atoms with Gasteiger partial charge in [0.2, 0.25) is 11.8 Å². The fraction of sp³-hybridized carbons (Fsp3) is 0.640. The van der Waals surface area contributed by atoms with Crippen molar-refractivity contribution in [3.05, 3.63) is 29.8 Å². The zero-order chi connectivity index (χ0) is 25.6. The van der Waals surface area contributed by atoms with E-state index < -0.39 is 23.8 Å². The molecule has 0 aliphatic heterocycles. The van der Waals surface area contributed by atoms with Crippen LogP contribution in [0.4, 0.5) is 4.79 Å². The summed E-state index contributed by atoms with van der Waals surface area (Å²) < 4.78 is 5.40. The van der Waals surface area contributed by atoms with Gasteiger partial charge in [-0.05, 0) is 83.1 Å². The van der Waals surface area contributed by atoms with Gasteiger partial charge in [-0.2, -0.15) is 11.8 Å². The molecule has 0 radical (unpaired) electrons. The van der Waals surface area contributed by atoms with Crippen molar-refractivity contribution in [2.45, 2.75) is 84.2 Å². The molecular weight excluding hydrogens is 454 g/mol. The number of hydrogen-bond acceptors (Lipinski definition) is 6. The highest BCUT2D eigenvalue weighted by Crippen LogP contribution is 2.41. The van der Waals surface area contributed by atoms with Gasteiger partial charge in [-0.15, -0.1) is 0 Å². The molecule has 1 fully saturated rings. The van der Waals surface area contributed by atoms with Gasteiger partial charge in [0.25, 0.3) is 0 Å². The average molecular weight is 494 g/mol. The molecule has 0 spiro atoms. The molecule has 1 aromatic rings. The Kier molecular flexibility index (Phi) is 9.67. The van der Waals surface area contributed by atoms with Crippen LogP contribution in [-0.2, 0) is 14.3 Å². The number of hydrogen-bond donors (Lipinski definition) is 3. The normalized spacial score (nSPS) is 19.2. The summed E-state index contributed by atoms with van der Waals surface area (Å²) in [5, 5.41) is 15.4. The van der Waals surface area contributed by atoms with Crippen LogP contribution >= 0.6 is 11.8 Å². The maximum Gasteiger partial charge on any atom is 0.408 e. The fourth-order valence-corrected chi connectivity index (χ4v) is 4.22. The van der Waals surface area contributed by atoms with Crippen molar-refractivity contribution < 1.29 is 24.2 Å². The quantitative estimate of drug-likeness (QED) is 0.457. The first kappa shape index (κ1) is 27.8. The summed E-state index contributed by atoms with van der Waals surface area (Å²) in [4.78, 5) is 41.5. The van der Waals surface area contributed by atoms with E-state index in [0.29, 0.717) is 17.7 Å². The molecule has 0 saturated heterocycles. The number of nitrogens with one attached hydrogen (secondary N) is 2. The van der Waals surface area contributed by atoms with E-state index >= 15 is 0 Å². The molecule has 0 heterocycles. The lowest BCUT2D eigenvalue weighted by Gasteiger charge is -2.35. The van der Waals surface area contributed by atoms with Gasteiger partial charge in [0.05, 0.1) is 0 Å². The minimum absolute atomic E-state index is 0.0777. The Bertz CT molecular complexity index is 853. The van der Waals surface area contributed by atoms with Gasteiger partial charge >= 0.3 is 6.09 Å². The van der Waals surface area contributed by atoms with Crippen molar-refractivity contribution in [2.75, 3.05) is 12.0 Å². The number of thioether (sulfide) groups is 1. The van der Waals surface area contributed by atoms with Crippen LogP contribution < -0.4 is 10.6 Å². The van der Waals surface area contributed by atoms with Crippen LogP contribution in [0.15, 0.2) is 24.3 Å². The minimum Gasteiger partial charge on any atom is -0.508 e. The highest BCUT2D eigenvalue weighted by Gasteiger charge is 2.48. The van der Waals surface area contributed by atoms with E-state index in [1.165, 1.54) is 12.1 Å². The summed E-state index contributed by atoms with van der Waals surface area (Å²) in [6.07, 6.45) is 2.45. The second-order valence-corrected chi connectivity index (χ2v) is 11.1. The molecule has 34 heavy (non-hydrogen) atoms. The highest BCUT2D eigenvalue weighted by molar-refractivity contribution is 7.98. The molecule has 0 bridgehead atoms. The van der Waals surface area contributed by atoms with Crippen molar-refractivity contribution in [1.82, 2.24) is 15.5 Å². The van der Waals surface area contributed by atoms with E-state index in [2.05, 4.69) is 10.6 Å². The van der Waals surface area contributed by atoms with Gasteiger partial charge in [-0.3, -0.25) is 9.59 Å². The van der Waals surface area contributed by atoms with Crippen LogP contribution in [-0.4, -0.2) is 63.6 Å². The fourth-order valence-electron chi connectivity index (χ4n) is 3.75. The molecule has 1 aliphatic carbocycles. The first-order valence-corrected chi connectivity index (χ1v) is 13.1. The molecule has 8 nitrogen and oxygen atoms in total. The zero-order valence-corrected chi connectivity index (χ0v) is 22.1. The zero-order valence-electron chi connectivity index (χ0n) is 21.3. The predicted octanol–water partition coefficient (Wildman–Crippen LogP) is 3.84. The lowest BCUT2D eigenvalue weighted by Crippen LogP contribution is -2.54. The number of phenols is 1. The van der Waals surface area contributed by atoms with E-state index in [4.69, 9.17) is 4.74 Å². The third kappa shape index (κ3) is 8.11. The molecule has 1 aliphatic rings. The lowest BCUT2D eigenvalue weighted by molar-refractivity contribution is -0.143. The largest absolute Gasteiger partial charge is 0.508 e. The molecule has 4 atom stereocenters. The Balaban J connectivity index is 2.44. The molecular formula is C25H39N3O5S. The topological polar surface area (TPSA) is 108 Å². The maximum atomic E-state index is 14.0. The third-order valence-electron chi connectivity index (χ3n) is 5.44. The number of phenolic OH excluding ortho intramolecular Hbond substituents is 1. The van der Waals surface area contributed by atoms with Gasteiger partial charge in [-0.25, -0.2) is 4.79 Å². The molecule has 3 N–H and O–H groups in total. The Morgan fingerprint density at radius 2 is 1.76 bits per heavy atom. The second-order valence-electron chi connectivity index (χ2n) is 10.2. The summed E-state index contributed by atoms with van der Waals surface area (Å²) in [6, 6.07) is 4.37. The Labute approximate surface area is 207 Å². The monoisotopic (exact) mass is 493 g/mol. The van der Waals surface area contributed by atoms with E-state index in [1.807, 2.05) is 27.0 Å². The number of benzene rings is 1. The number of rotatable bonds is 10. The van der Waals surface area contributed by atoms with Gasteiger partial charge in [0, 0.05) is 12.1 Å². The van der Waals surface area contributed by atoms with E-state index in [0.717, 1.165) is 6.42 Å². The van der Waals surface area contributed by atoms with E-state index in [9.17, 15) is 19.5 Å².